The van der Waals surface area contributed by atoms with E-state index in [9.17, 15) is 4.79 Å². The molecule has 1 aromatic carbocycles. The van der Waals surface area contributed by atoms with Gasteiger partial charge < -0.3 is 11.1 Å². The summed E-state index contributed by atoms with van der Waals surface area (Å²) in [5.41, 5.74) is 7.20. The van der Waals surface area contributed by atoms with Crippen LogP contribution in [0.5, 0.6) is 0 Å². The predicted molar refractivity (Wildman–Crippen MR) is 88.0 cm³/mol. The molecule has 0 fully saturated rings. The molecule has 7 heteroatoms. The summed E-state index contributed by atoms with van der Waals surface area (Å²) in [6.07, 6.45) is 3.57. The molecule has 3 rings (SSSR count). The summed E-state index contributed by atoms with van der Waals surface area (Å²) >= 11 is 2.90. The first-order chi connectivity index (χ1) is 10.2. The molecule has 3 aromatic rings. The largest absolute Gasteiger partial charge is 0.397 e. The van der Waals surface area contributed by atoms with Crippen LogP contribution >= 0.6 is 23.1 Å². The number of rotatable bonds is 3. The van der Waals surface area contributed by atoms with Crippen LogP contribution in [0.1, 0.15) is 9.67 Å². The van der Waals surface area contributed by atoms with Gasteiger partial charge in [-0.3, -0.25) is 4.79 Å². The maximum atomic E-state index is 12.3. The number of carbonyl (C=O) groups excluding carboxylic acids is 1. The molecule has 0 spiro atoms. The molecule has 2 heterocycles. The first kappa shape index (κ1) is 13.8. The predicted octanol–water partition coefficient (Wildman–Crippen LogP) is 3.25. The van der Waals surface area contributed by atoms with Crippen molar-refractivity contribution in [2.75, 3.05) is 17.3 Å². The second-order valence-electron chi connectivity index (χ2n) is 4.28. The Hall–Kier alpha value is -2.12. The zero-order valence-corrected chi connectivity index (χ0v) is 12.8. The van der Waals surface area contributed by atoms with Gasteiger partial charge in [0.15, 0.2) is 0 Å². The van der Waals surface area contributed by atoms with Crippen LogP contribution in [0, 0.1) is 0 Å². The SMILES string of the molecule is CSc1ccc(NC(=O)c2sc3nnccc3c2N)cc1. The molecule has 0 saturated heterocycles. The molecular weight excluding hydrogens is 304 g/mol. The molecule has 0 saturated carbocycles. The maximum absolute atomic E-state index is 12.3. The van der Waals surface area contributed by atoms with E-state index in [2.05, 4.69) is 15.5 Å². The number of nitrogen functional groups attached to an aromatic ring is 1. The van der Waals surface area contributed by atoms with Crippen LogP contribution in [0.25, 0.3) is 10.2 Å². The van der Waals surface area contributed by atoms with Gasteiger partial charge in [0.25, 0.3) is 5.91 Å². The van der Waals surface area contributed by atoms with E-state index in [1.807, 2.05) is 30.5 Å². The molecule has 0 atom stereocenters. The van der Waals surface area contributed by atoms with Gasteiger partial charge in [0, 0.05) is 16.0 Å². The van der Waals surface area contributed by atoms with Gasteiger partial charge in [0.2, 0.25) is 0 Å². The molecule has 0 unspecified atom stereocenters. The van der Waals surface area contributed by atoms with Crippen molar-refractivity contribution in [2.24, 2.45) is 0 Å². The second kappa shape index (κ2) is 5.71. The van der Waals surface area contributed by atoms with Crippen molar-refractivity contribution in [1.82, 2.24) is 10.2 Å². The Morgan fingerprint density at radius 3 is 2.71 bits per heavy atom. The van der Waals surface area contributed by atoms with Crippen molar-refractivity contribution >= 4 is 50.6 Å². The molecule has 0 radical (unpaired) electrons. The molecule has 0 bridgehead atoms. The van der Waals surface area contributed by atoms with Crippen molar-refractivity contribution < 1.29 is 4.79 Å². The minimum absolute atomic E-state index is 0.229. The van der Waals surface area contributed by atoms with E-state index in [1.165, 1.54) is 11.3 Å². The number of hydrogen-bond acceptors (Lipinski definition) is 6. The highest BCUT2D eigenvalue weighted by Crippen LogP contribution is 2.32. The van der Waals surface area contributed by atoms with Crippen molar-refractivity contribution in [1.29, 1.82) is 0 Å². The second-order valence-corrected chi connectivity index (χ2v) is 6.16. The van der Waals surface area contributed by atoms with E-state index in [1.54, 1.807) is 24.0 Å². The maximum Gasteiger partial charge on any atom is 0.267 e. The lowest BCUT2D eigenvalue weighted by molar-refractivity contribution is 0.103. The zero-order valence-electron chi connectivity index (χ0n) is 11.2. The number of nitrogens with two attached hydrogens (primary N) is 1. The van der Waals surface area contributed by atoms with Crippen molar-refractivity contribution in [3.63, 3.8) is 0 Å². The van der Waals surface area contributed by atoms with E-state index in [4.69, 9.17) is 5.73 Å². The van der Waals surface area contributed by atoms with Crippen molar-refractivity contribution in [3.8, 4) is 0 Å². The third-order valence-electron chi connectivity index (χ3n) is 2.97. The van der Waals surface area contributed by atoms with Crippen LogP contribution in [0.15, 0.2) is 41.4 Å². The first-order valence-electron chi connectivity index (χ1n) is 6.14. The summed E-state index contributed by atoms with van der Waals surface area (Å²) in [7, 11) is 0. The number of thiophene rings is 1. The number of aromatic nitrogens is 2. The summed E-state index contributed by atoms with van der Waals surface area (Å²) in [6.45, 7) is 0. The van der Waals surface area contributed by atoms with Gasteiger partial charge >= 0.3 is 0 Å². The average molecular weight is 316 g/mol. The average Bonchev–Trinajstić information content (AvgIpc) is 2.86. The Balaban J connectivity index is 1.87. The third-order valence-corrected chi connectivity index (χ3v) is 4.82. The van der Waals surface area contributed by atoms with Crippen LogP contribution < -0.4 is 11.1 Å². The monoisotopic (exact) mass is 316 g/mol. The summed E-state index contributed by atoms with van der Waals surface area (Å²) in [6, 6.07) is 9.42. The van der Waals surface area contributed by atoms with Gasteiger partial charge in [-0.05, 0) is 36.6 Å². The molecule has 3 N–H and O–H groups in total. The van der Waals surface area contributed by atoms with Crippen LogP contribution in [0.4, 0.5) is 11.4 Å². The van der Waals surface area contributed by atoms with Crippen LogP contribution in [0.2, 0.25) is 0 Å². The summed E-state index contributed by atoms with van der Waals surface area (Å²) in [4.78, 5) is 14.6. The van der Waals surface area contributed by atoms with Crippen LogP contribution in [-0.4, -0.2) is 22.4 Å². The summed E-state index contributed by atoms with van der Waals surface area (Å²) in [5.74, 6) is -0.229. The van der Waals surface area contributed by atoms with Crippen LogP contribution in [-0.2, 0) is 0 Å². The summed E-state index contributed by atoms with van der Waals surface area (Å²) in [5, 5.41) is 11.4. The van der Waals surface area contributed by atoms with E-state index < -0.39 is 0 Å². The molecular formula is C14H12N4OS2. The topological polar surface area (TPSA) is 80.9 Å². The van der Waals surface area contributed by atoms with E-state index in [-0.39, 0.29) is 5.91 Å². The fourth-order valence-corrected chi connectivity index (χ4v) is 3.25. The molecule has 0 aliphatic carbocycles. The van der Waals surface area contributed by atoms with Gasteiger partial charge in [-0.1, -0.05) is 0 Å². The first-order valence-corrected chi connectivity index (χ1v) is 8.18. The fourth-order valence-electron chi connectivity index (χ4n) is 1.90. The normalized spacial score (nSPS) is 10.7. The number of nitrogens with one attached hydrogen (secondary N) is 1. The minimum atomic E-state index is -0.229. The van der Waals surface area contributed by atoms with Crippen molar-refractivity contribution in [2.45, 2.75) is 4.90 Å². The Kier molecular flexibility index (Phi) is 3.76. The molecule has 0 aliphatic rings. The smallest absolute Gasteiger partial charge is 0.267 e. The Morgan fingerprint density at radius 1 is 1.29 bits per heavy atom. The molecule has 2 aromatic heterocycles. The number of nitrogens with zero attached hydrogens (tertiary/aromatic N) is 2. The number of amides is 1. The Bertz CT molecular complexity index is 798. The number of carbonyl (C=O) groups is 1. The standard InChI is InChI=1S/C14H12N4OS2/c1-20-9-4-2-8(3-5-9)17-13(19)12-11(15)10-6-7-16-18-14(10)21-12/h2-7H,15H2,1H3,(H,17,19). The van der Waals surface area contributed by atoms with Gasteiger partial charge in [0.1, 0.15) is 9.71 Å². The number of hydrogen-bond donors (Lipinski definition) is 2. The lowest BCUT2D eigenvalue weighted by Crippen LogP contribution is -2.11. The quantitative estimate of drug-likeness (QED) is 0.725. The highest BCUT2D eigenvalue weighted by atomic mass is 32.2. The number of fused-ring (bicyclic) bond motifs is 1. The van der Waals surface area contributed by atoms with E-state index in [0.717, 1.165) is 16.0 Å². The van der Waals surface area contributed by atoms with E-state index in [0.29, 0.717) is 15.4 Å². The number of anilines is 2. The Morgan fingerprint density at radius 2 is 2.05 bits per heavy atom. The van der Waals surface area contributed by atoms with Crippen molar-refractivity contribution in [3.05, 3.63) is 41.4 Å². The highest BCUT2D eigenvalue weighted by Gasteiger charge is 2.17. The van der Waals surface area contributed by atoms with Gasteiger partial charge in [-0.15, -0.1) is 28.2 Å². The number of thioether (sulfide) groups is 1. The molecule has 0 aliphatic heterocycles. The lowest BCUT2D eigenvalue weighted by Gasteiger charge is -2.05. The van der Waals surface area contributed by atoms with Crippen LogP contribution in [0.3, 0.4) is 0 Å². The fraction of sp³-hybridized carbons (Fsp3) is 0.0714. The lowest BCUT2D eigenvalue weighted by atomic mass is 10.2. The van der Waals surface area contributed by atoms with Gasteiger partial charge in [0.05, 0.1) is 11.9 Å². The number of benzene rings is 1. The van der Waals surface area contributed by atoms with E-state index >= 15 is 0 Å². The summed E-state index contributed by atoms with van der Waals surface area (Å²) < 4.78 is 0. The molecule has 21 heavy (non-hydrogen) atoms. The van der Waals surface area contributed by atoms with Gasteiger partial charge in [-0.2, -0.15) is 5.10 Å². The Labute approximate surface area is 129 Å². The zero-order chi connectivity index (χ0) is 14.8. The van der Waals surface area contributed by atoms with Gasteiger partial charge in [-0.25, -0.2) is 0 Å². The third kappa shape index (κ3) is 2.70. The highest BCUT2D eigenvalue weighted by molar-refractivity contribution is 7.98. The molecule has 5 nitrogen and oxygen atoms in total. The molecule has 106 valence electrons. The molecule has 1 amide bonds. The minimum Gasteiger partial charge on any atom is -0.397 e.